The smallest absolute Gasteiger partial charge is 0.267 e. The molecule has 0 saturated carbocycles. The summed E-state index contributed by atoms with van der Waals surface area (Å²) in [7, 11) is 0. The Bertz CT molecular complexity index is 1520. The molecule has 7 heteroatoms. The number of hydrogen-bond acceptors (Lipinski definition) is 6. The van der Waals surface area contributed by atoms with E-state index in [2.05, 4.69) is 11.1 Å². The number of hydrogen-bond donors (Lipinski definition) is 0. The van der Waals surface area contributed by atoms with Crippen molar-refractivity contribution >= 4 is 43.6 Å². The number of carbonyl (C=O) groups excluding carboxylic acids is 1. The summed E-state index contributed by atoms with van der Waals surface area (Å²) in [5.41, 5.74) is 3.76. The zero-order chi connectivity index (χ0) is 22.2. The van der Waals surface area contributed by atoms with Gasteiger partial charge in [0.25, 0.3) is 5.91 Å². The maximum absolute atomic E-state index is 13.6. The summed E-state index contributed by atoms with van der Waals surface area (Å²) in [6, 6.07) is 16.5. The topological polar surface area (TPSA) is 76.3 Å². The number of aromatic nitrogens is 2. The lowest BCUT2D eigenvalue weighted by Crippen LogP contribution is -2.34. The van der Waals surface area contributed by atoms with Gasteiger partial charge in [-0.25, -0.2) is 4.98 Å². The van der Waals surface area contributed by atoms with Crippen molar-refractivity contribution in [3.63, 3.8) is 0 Å². The predicted molar refractivity (Wildman–Crippen MR) is 126 cm³/mol. The third-order valence-corrected chi connectivity index (χ3v) is 6.47. The van der Waals surface area contributed by atoms with Gasteiger partial charge in [0.15, 0.2) is 5.13 Å². The number of rotatable bonds is 4. The number of benzene rings is 2. The van der Waals surface area contributed by atoms with Crippen LogP contribution in [0.5, 0.6) is 0 Å². The molecule has 6 nitrogen and oxygen atoms in total. The summed E-state index contributed by atoms with van der Waals surface area (Å²) in [5.74, 6) is -0.469. The summed E-state index contributed by atoms with van der Waals surface area (Å²) in [5, 5.41) is 0.879. The number of thiazole rings is 1. The summed E-state index contributed by atoms with van der Waals surface area (Å²) >= 11 is 1.43. The van der Waals surface area contributed by atoms with Gasteiger partial charge in [-0.05, 0) is 55.3 Å². The number of nitrogens with zero attached hydrogens (tertiary/aromatic N) is 3. The Hall–Kier alpha value is -3.84. The molecular weight excluding hydrogens is 422 g/mol. The van der Waals surface area contributed by atoms with Crippen LogP contribution in [0.1, 0.15) is 27.2 Å². The van der Waals surface area contributed by atoms with Crippen LogP contribution in [0.25, 0.3) is 21.2 Å². The fourth-order valence-electron chi connectivity index (χ4n) is 3.73. The SMILES string of the molecule is Cc1cc(C)c2sc(N(Cc3ccccn3)C(=O)c3coc4ccccc4c3=O)nc2c1. The fraction of sp³-hybridized carbons (Fsp3) is 0.120. The molecule has 2 aromatic carbocycles. The number of fused-ring (bicyclic) bond motifs is 2. The van der Waals surface area contributed by atoms with Crippen molar-refractivity contribution in [3.05, 3.63) is 99.7 Å². The van der Waals surface area contributed by atoms with E-state index >= 15 is 0 Å². The van der Waals surface area contributed by atoms with Crippen molar-refractivity contribution in [2.75, 3.05) is 4.90 Å². The van der Waals surface area contributed by atoms with E-state index < -0.39 is 5.91 Å². The lowest BCUT2D eigenvalue weighted by Gasteiger charge is -2.19. The maximum Gasteiger partial charge on any atom is 0.267 e. The van der Waals surface area contributed by atoms with Crippen LogP contribution in [0.3, 0.4) is 0 Å². The Morgan fingerprint density at radius 1 is 1.09 bits per heavy atom. The number of pyridine rings is 1. The molecule has 3 heterocycles. The molecule has 5 rings (SSSR count). The Labute approximate surface area is 187 Å². The molecule has 0 saturated heterocycles. The zero-order valence-electron chi connectivity index (χ0n) is 17.5. The van der Waals surface area contributed by atoms with Crippen molar-refractivity contribution < 1.29 is 9.21 Å². The molecule has 0 bridgehead atoms. The van der Waals surface area contributed by atoms with Gasteiger partial charge in [-0.15, -0.1) is 0 Å². The van der Waals surface area contributed by atoms with Crippen LogP contribution >= 0.6 is 11.3 Å². The lowest BCUT2D eigenvalue weighted by atomic mass is 10.1. The van der Waals surface area contributed by atoms with Gasteiger partial charge in [0.2, 0.25) is 5.43 Å². The second-order valence-corrected chi connectivity index (χ2v) is 8.59. The van der Waals surface area contributed by atoms with Gasteiger partial charge >= 0.3 is 0 Å². The number of para-hydroxylation sites is 1. The molecule has 0 aliphatic carbocycles. The first-order valence-corrected chi connectivity index (χ1v) is 10.9. The van der Waals surface area contributed by atoms with Crippen molar-refractivity contribution in [1.29, 1.82) is 0 Å². The van der Waals surface area contributed by atoms with Crippen LogP contribution in [0.15, 0.2) is 76.3 Å². The first kappa shape index (κ1) is 20.1. The third-order valence-electron chi connectivity index (χ3n) is 5.24. The van der Waals surface area contributed by atoms with Crippen LogP contribution in [-0.2, 0) is 6.54 Å². The van der Waals surface area contributed by atoms with Crippen LogP contribution < -0.4 is 10.3 Å². The van der Waals surface area contributed by atoms with Crippen molar-refractivity contribution in [2.24, 2.45) is 0 Å². The van der Waals surface area contributed by atoms with Crippen LogP contribution in [-0.4, -0.2) is 15.9 Å². The van der Waals surface area contributed by atoms with Gasteiger partial charge in [-0.2, -0.15) is 0 Å². The van der Waals surface area contributed by atoms with E-state index in [9.17, 15) is 9.59 Å². The minimum absolute atomic E-state index is 0.0354. The van der Waals surface area contributed by atoms with Crippen molar-refractivity contribution in [2.45, 2.75) is 20.4 Å². The Balaban J connectivity index is 1.65. The second-order valence-electron chi connectivity index (χ2n) is 7.61. The quantitative estimate of drug-likeness (QED) is 0.380. The van der Waals surface area contributed by atoms with Crippen LogP contribution in [0, 0.1) is 13.8 Å². The minimum atomic E-state index is -0.469. The summed E-state index contributed by atoms with van der Waals surface area (Å²) < 4.78 is 6.60. The minimum Gasteiger partial charge on any atom is -0.463 e. The summed E-state index contributed by atoms with van der Waals surface area (Å²) in [6.45, 7) is 4.23. The third kappa shape index (κ3) is 3.56. The normalized spacial score (nSPS) is 11.2. The highest BCUT2D eigenvalue weighted by molar-refractivity contribution is 7.22. The van der Waals surface area contributed by atoms with Gasteiger partial charge in [0, 0.05) is 6.20 Å². The van der Waals surface area contributed by atoms with Crippen molar-refractivity contribution in [1.82, 2.24) is 9.97 Å². The van der Waals surface area contributed by atoms with Gasteiger partial charge in [-0.3, -0.25) is 19.5 Å². The molecule has 0 radical (unpaired) electrons. The molecule has 0 N–H and O–H groups in total. The van der Waals surface area contributed by atoms with E-state index in [0.717, 1.165) is 21.3 Å². The molecule has 0 fully saturated rings. The van der Waals surface area contributed by atoms with Gasteiger partial charge in [0.05, 0.1) is 27.8 Å². The Kier molecular flexibility index (Phi) is 5.03. The van der Waals surface area contributed by atoms with Crippen LogP contribution in [0.4, 0.5) is 5.13 Å². The van der Waals surface area contributed by atoms with E-state index in [1.54, 1.807) is 30.5 Å². The van der Waals surface area contributed by atoms with Crippen LogP contribution in [0.2, 0.25) is 0 Å². The molecule has 1 amide bonds. The second kappa shape index (κ2) is 8.01. The van der Waals surface area contributed by atoms with E-state index in [-0.39, 0.29) is 17.5 Å². The molecular formula is C25H19N3O3S. The lowest BCUT2D eigenvalue weighted by molar-refractivity contribution is 0.0982. The summed E-state index contributed by atoms with van der Waals surface area (Å²) in [4.78, 5) is 37.3. The Morgan fingerprint density at radius 2 is 1.91 bits per heavy atom. The zero-order valence-corrected chi connectivity index (χ0v) is 18.3. The van der Waals surface area contributed by atoms with E-state index in [4.69, 9.17) is 9.40 Å². The first-order chi connectivity index (χ1) is 15.5. The standard InChI is InChI=1S/C25H19N3O3S/c1-15-11-16(2)23-20(12-15)27-25(32-23)28(13-17-7-5-6-10-26-17)24(30)19-14-31-21-9-4-3-8-18(21)22(19)29/h3-12,14H,13H2,1-2H3. The average molecular weight is 442 g/mol. The highest BCUT2D eigenvalue weighted by atomic mass is 32.1. The monoisotopic (exact) mass is 441 g/mol. The molecule has 0 unspecified atom stereocenters. The molecule has 32 heavy (non-hydrogen) atoms. The maximum atomic E-state index is 13.6. The molecule has 3 aromatic heterocycles. The van der Waals surface area contributed by atoms with Crippen molar-refractivity contribution in [3.8, 4) is 0 Å². The van der Waals surface area contributed by atoms with Gasteiger partial charge < -0.3 is 4.42 Å². The van der Waals surface area contributed by atoms with E-state index in [1.165, 1.54) is 22.5 Å². The molecule has 158 valence electrons. The molecule has 0 spiro atoms. The predicted octanol–water partition coefficient (Wildman–Crippen LogP) is 5.26. The van der Waals surface area contributed by atoms with Gasteiger partial charge in [-0.1, -0.05) is 35.6 Å². The molecule has 5 aromatic rings. The molecule has 0 aliphatic heterocycles. The Morgan fingerprint density at radius 3 is 2.72 bits per heavy atom. The first-order valence-electron chi connectivity index (χ1n) is 10.1. The number of aryl methyl sites for hydroxylation is 2. The number of carbonyl (C=O) groups is 1. The van der Waals surface area contributed by atoms with E-state index in [0.29, 0.717) is 21.8 Å². The summed E-state index contributed by atoms with van der Waals surface area (Å²) in [6.07, 6.45) is 2.91. The number of amides is 1. The van der Waals surface area contributed by atoms with E-state index in [1.807, 2.05) is 38.1 Å². The highest BCUT2D eigenvalue weighted by Gasteiger charge is 2.26. The number of anilines is 1. The molecule has 0 aliphatic rings. The average Bonchev–Trinajstić information content (AvgIpc) is 3.22. The molecule has 0 atom stereocenters. The fourth-order valence-corrected chi connectivity index (χ4v) is 4.74. The largest absolute Gasteiger partial charge is 0.463 e. The highest BCUT2D eigenvalue weighted by Crippen LogP contribution is 2.33. The van der Waals surface area contributed by atoms with Gasteiger partial charge in [0.1, 0.15) is 17.4 Å².